The van der Waals surface area contributed by atoms with Gasteiger partial charge in [0, 0.05) is 49.8 Å². The molecule has 2 amide bonds. The van der Waals surface area contributed by atoms with E-state index >= 15 is 0 Å². The van der Waals surface area contributed by atoms with Gasteiger partial charge in [-0.1, -0.05) is 0 Å². The number of halogens is 10. The molecule has 0 radical (unpaired) electrons. The summed E-state index contributed by atoms with van der Waals surface area (Å²) in [5, 5.41) is 15.4. The van der Waals surface area contributed by atoms with E-state index in [2.05, 4.69) is 88.6 Å². The molecule has 2 aromatic rings. The first-order chi connectivity index (χ1) is 24.4. The fraction of sp³-hybridized carbons (Fsp3) is 0.344. The van der Waals surface area contributed by atoms with E-state index in [1.54, 1.807) is 27.7 Å². The van der Waals surface area contributed by atoms with E-state index in [0.29, 0.717) is 0 Å². The van der Waals surface area contributed by atoms with Gasteiger partial charge in [0.15, 0.2) is 0 Å². The monoisotopic (exact) mass is 1030 g/mol. The highest BCUT2D eigenvalue weighted by Crippen LogP contribution is 2.44. The molecule has 0 saturated heterocycles. The molecule has 2 aliphatic rings. The van der Waals surface area contributed by atoms with Crippen LogP contribution in [0.3, 0.4) is 0 Å². The number of benzene rings is 2. The van der Waals surface area contributed by atoms with Gasteiger partial charge in [-0.15, -0.1) is 26.3 Å². The average molecular weight is 1030 g/mol. The van der Waals surface area contributed by atoms with Crippen LogP contribution in [0.25, 0.3) is 11.1 Å². The highest BCUT2D eigenvalue weighted by molar-refractivity contribution is 9.11. The summed E-state index contributed by atoms with van der Waals surface area (Å²) >= 11 is 12.5. The lowest BCUT2D eigenvalue weighted by Crippen LogP contribution is -2.39. The highest BCUT2D eigenvalue weighted by Gasteiger charge is 2.43. The predicted molar refractivity (Wildman–Crippen MR) is 192 cm³/mol. The van der Waals surface area contributed by atoms with E-state index < -0.39 is 65.0 Å². The maximum Gasteiger partial charge on any atom is 0.573 e. The number of hydrogen-bond acceptors (Lipinski definition) is 10. The molecule has 0 bridgehead atoms. The molecule has 0 spiro atoms. The zero-order chi connectivity index (χ0) is 41.9. The van der Waals surface area contributed by atoms with Crippen molar-refractivity contribution in [1.29, 1.82) is 0 Å². The van der Waals surface area contributed by atoms with Gasteiger partial charge in [0.2, 0.25) is 0 Å². The van der Waals surface area contributed by atoms with E-state index in [-0.39, 0.29) is 51.7 Å². The van der Waals surface area contributed by atoms with E-state index in [4.69, 9.17) is 4.74 Å². The van der Waals surface area contributed by atoms with Gasteiger partial charge in [-0.3, -0.25) is 24.0 Å². The predicted octanol–water partition coefficient (Wildman–Crippen LogP) is 8.68. The maximum atomic E-state index is 12.4. The largest absolute Gasteiger partial charge is 0.573 e. The molecule has 2 heterocycles. The minimum Gasteiger partial charge on any atom is -0.509 e. The third kappa shape index (κ3) is 12.7. The summed E-state index contributed by atoms with van der Waals surface area (Å²) in [6.07, 6.45) is -9.68. The van der Waals surface area contributed by atoms with Crippen LogP contribution in [0.2, 0.25) is 0 Å². The number of amides is 2. The second kappa shape index (κ2) is 17.4. The van der Waals surface area contributed by atoms with Crippen molar-refractivity contribution in [1.82, 2.24) is 10.6 Å². The Kier molecular flexibility index (Phi) is 15.0. The lowest BCUT2D eigenvalue weighted by Gasteiger charge is -2.21. The van der Waals surface area contributed by atoms with Crippen molar-refractivity contribution < 1.29 is 74.4 Å². The molecule has 0 saturated carbocycles. The van der Waals surface area contributed by atoms with Crippen molar-refractivity contribution in [2.45, 2.75) is 72.3 Å². The van der Waals surface area contributed by atoms with Crippen LogP contribution < -0.4 is 20.1 Å². The van der Waals surface area contributed by atoms with Gasteiger partial charge >= 0.3 is 30.6 Å². The molecule has 296 valence electrons. The molecule has 22 heteroatoms. The van der Waals surface area contributed by atoms with Gasteiger partial charge < -0.3 is 34.7 Å². The molecule has 3 N–H and O–H groups in total. The summed E-state index contributed by atoms with van der Waals surface area (Å²) in [5.41, 5.74) is -1.39. The summed E-state index contributed by atoms with van der Waals surface area (Å²) in [6, 6.07) is 4.30. The standard InChI is InChI=1S/C15H12Br2F3NO4.C13H10Br2F3NO3.C4H6O3/c1-6(22)24-12-11(13(23)21-14(12,2)3)10-8(16)4-7(5-9(10)17)25-15(18,19)20;1-12(2)10(20)9(11(21)19-12)8-6(14)3-5(4-7(8)15)22-13(16,17)18;1-3(5)7-4(2)6/h4-5H,1-3H3,(H,21,23);3-4,20H,1-2H3,(H,19,21);1-2H3. The van der Waals surface area contributed by atoms with Gasteiger partial charge in [-0.25, -0.2) is 0 Å². The zero-order valence-electron chi connectivity index (χ0n) is 28.7. The maximum absolute atomic E-state index is 12.4. The van der Waals surface area contributed by atoms with Crippen molar-refractivity contribution in [2.75, 3.05) is 0 Å². The Morgan fingerprint density at radius 2 is 0.963 bits per heavy atom. The Balaban J connectivity index is 0.000000320. The fourth-order valence-corrected chi connectivity index (χ4v) is 7.67. The summed E-state index contributed by atoms with van der Waals surface area (Å²) in [7, 11) is 0. The Bertz CT molecular complexity index is 1880. The third-order valence-electron chi connectivity index (χ3n) is 6.46. The number of aliphatic hydroxyl groups excluding tert-OH is 1. The number of ether oxygens (including phenoxy) is 4. The van der Waals surface area contributed by atoms with Crippen LogP contribution in [0.5, 0.6) is 11.5 Å². The second-order valence-corrected chi connectivity index (χ2v) is 15.3. The van der Waals surface area contributed by atoms with Crippen LogP contribution in [0.15, 0.2) is 53.7 Å². The van der Waals surface area contributed by atoms with Gasteiger partial charge in [-0.05, 0) is 116 Å². The van der Waals surface area contributed by atoms with Crippen molar-refractivity contribution in [3.63, 3.8) is 0 Å². The van der Waals surface area contributed by atoms with Crippen LogP contribution in [-0.4, -0.2) is 58.6 Å². The first kappa shape index (κ1) is 46.5. The summed E-state index contributed by atoms with van der Waals surface area (Å²) in [6.45, 7) is 10.0. The smallest absolute Gasteiger partial charge is 0.509 e. The number of carbonyl (C=O) groups is 5. The van der Waals surface area contributed by atoms with Crippen LogP contribution in [0, 0.1) is 0 Å². The highest BCUT2D eigenvalue weighted by atomic mass is 79.9. The molecule has 0 atom stereocenters. The number of carbonyl (C=O) groups excluding carboxylic acids is 5. The van der Waals surface area contributed by atoms with E-state index in [9.17, 15) is 55.4 Å². The molecule has 2 aromatic carbocycles. The molecule has 0 aromatic heterocycles. The number of aliphatic hydroxyl groups is 1. The number of nitrogens with one attached hydrogen (secondary N) is 2. The molecule has 0 aliphatic carbocycles. The van der Waals surface area contributed by atoms with Crippen molar-refractivity contribution in [3.8, 4) is 11.5 Å². The van der Waals surface area contributed by atoms with Gasteiger partial charge in [-0.2, -0.15) is 0 Å². The van der Waals surface area contributed by atoms with Gasteiger partial charge in [0.1, 0.15) is 23.0 Å². The SMILES string of the molecule is CC(=O)OC(C)=O.CC(=O)OC1=C(c2c(Br)cc(OC(F)(F)F)cc2Br)C(=O)NC1(C)C.CC1(C)NC(=O)C(c2c(Br)cc(OC(F)(F)F)cc2Br)=C1O. The molecule has 2 aliphatic heterocycles. The molecule has 4 rings (SSSR count). The Labute approximate surface area is 336 Å². The lowest BCUT2D eigenvalue weighted by atomic mass is 9.99. The minimum atomic E-state index is -4.85. The number of hydrogen-bond donors (Lipinski definition) is 3. The van der Waals surface area contributed by atoms with Gasteiger partial charge in [0.05, 0.1) is 22.2 Å². The fourth-order valence-electron chi connectivity index (χ4n) is 4.59. The molecular weight excluding hydrogens is 1010 g/mol. The number of rotatable bonds is 5. The zero-order valence-corrected chi connectivity index (χ0v) is 35.1. The first-order valence-corrected chi connectivity index (χ1v) is 17.7. The number of alkyl halides is 6. The Morgan fingerprint density at radius 3 is 1.24 bits per heavy atom. The van der Waals surface area contributed by atoms with Crippen molar-refractivity contribution in [2.24, 2.45) is 0 Å². The van der Waals surface area contributed by atoms with Crippen LogP contribution in [0.1, 0.15) is 59.6 Å². The van der Waals surface area contributed by atoms with Gasteiger partial charge in [0.25, 0.3) is 11.8 Å². The lowest BCUT2D eigenvalue weighted by molar-refractivity contribution is -0.275. The molecular formula is C32H28Br4F6N2O10. The topological polar surface area (TPSA) is 167 Å². The first-order valence-electron chi connectivity index (χ1n) is 14.6. The molecule has 0 unspecified atom stereocenters. The Hall–Kier alpha value is -3.63. The quantitative estimate of drug-likeness (QED) is 0.150. The van der Waals surface area contributed by atoms with E-state index in [1.807, 2.05) is 0 Å². The molecule has 12 nitrogen and oxygen atoms in total. The van der Waals surface area contributed by atoms with E-state index in [0.717, 1.165) is 24.3 Å². The van der Waals surface area contributed by atoms with Crippen LogP contribution in [-0.2, 0) is 33.4 Å². The van der Waals surface area contributed by atoms with Crippen LogP contribution in [0.4, 0.5) is 26.3 Å². The molecule has 54 heavy (non-hydrogen) atoms. The average Bonchev–Trinajstić information content (AvgIpc) is 3.26. The summed E-state index contributed by atoms with van der Waals surface area (Å²) < 4.78 is 91.5. The summed E-state index contributed by atoms with van der Waals surface area (Å²) in [5.74, 6) is -3.82. The van der Waals surface area contributed by atoms with Crippen LogP contribution >= 0.6 is 63.7 Å². The summed E-state index contributed by atoms with van der Waals surface area (Å²) in [4.78, 5) is 55.4. The Morgan fingerprint density at radius 1 is 0.630 bits per heavy atom. The normalized spacial score (nSPS) is 15.9. The second-order valence-electron chi connectivity index (χ2n) is 11.9. The minimum absolute atomic E-state index is 0.0118. The van der Waals surface area contributed by atoms with Crippen molar-refractivity contribution >= 4 is 105 Å². The molecule has 0 fully saturated rings. The number of esters is 3. The third-order valence-corrected chi connectivity index (χ3v) is 8.96. The van der Waals surface area contributed by atoms with Crippen molar-refractivity contribution in [3.05, 3.63) is 64.8 Å². The van der Waals surface area contributed by atoms with E-state index in [1.165, 1.54) is 20.8 Å².